The minimum atomic E-state index is -1.05. The fourth-order valence-corrected chi connectivity index (χ4v) is 2.92. The van der Waals surface area contributed by atoms with Gasteiger partial charge in [0.25, 0.3) is 0 Å². The van der Waals surface area contributed by atoms with Gasteiger partial charge in [-0.15, -0.1) is 6.58 Å². The number of carbonyl (C=O) groups is 1. The van der Waals surface area contributed by atoms with Gasteiger partial charge in [0.05, 0.1) is 16.5 Å². The number of hydrazone groups is 1. The Kier molecular flexibility index (Phi) is 5.22. The Labute approximate surface area is 127 Å². The molecule has 1 aliphatic heterocycles. The van der Waals surface area contributed by atoms with Gasteiger partial charge in [-0.2, -0.15) is 5.10 Å². The van der Waals surface area contributed by atoms with E-state index in [1.807, 2.05) is 43.3 Å². The highest BCUT2D eigenvalue weighted by molar-refractivity contribution is 7.85. The molecule has 2 rings (SSSR count). The predicted molar refractivity (Wildman–Crippen MR) is 86.3 cm³/mol. The van der Waals surface area contributed by atoms with Crippen LogP contribution < -0.4 is 5.43 Å². The van der Waals surface area contributed by atoms with E-state index in [1.165, 1.54) is 0 Å². The normalized spacial score (nSPS) is 20.0. The number of carbonyl (C=O) groups excluding carboxylic acids is 1. The maximum atomic E-state index is 11.9. The highest BCUT2D eigenvalue weighted by Gasteiger charge is 2.17. The van der Waals surface area contributed by atoms with Gasteiger partial charge in [0.1, 0.15) is 0 Å². The van der Waals surface area contributed by atoms with E-state index in [1.54, 1.807) is 6.08 Å². The van der Waals surface area contributed by atoms with Crippen LogP contribution in [0.1, 0.15) is 18.9 Å². The molecule has 1 aromatic rings. The average Bonchev–Trinajstić information content (AvgIpc) is 2.47. The number of nitrogens with zero attached hydrogens (tertiary/aromatic N) is 1. The SMILES string of the molecule is C=CCS(=O)c1cccc(C=CC2=NNC(=O)CC2C)c1. The van der Waals surface area contributed by atoms with Gasteiger partial charge in [0.15, 0.2) is 0 Å². The van der Waals surface area contributed by atoms with Crippen LogP contribution in [0.2, 0.25) is 0 Å². The third kappa shape index (κ3) is 4.23. The number of amides is 1. The molecular weight excluding hydrogens is 284 g/mol. The summed E-state index contributed by atoms with van der Waals surface area (Å²) < 4.78 is 11.9. The molecule has 0 spiro atoms. The smallest absolute Gasteiger partial charge is 0.240 e. The fourth-order valence-electron chi connectivity index (χ4n) is 2.01. The molecular formula is C16H18N2O2S. The monoisotopic (exact) mass is 302 g/mol. The summed E-state index contributed by atoms with van der Waals surface area (Å²) in [5.74, 6) is 0.498. The minimum absolute atomic E-state index is 0.0542. The average molecular weight is 302 g/mol. The fraction of sp³-hybridized carbons (Fsp3) is 0.250. The second-order valence-electron chi connectivity index (χ2n) is 4.88. The molecule has 0 radical (unpaired) electrons. The number of hydrogen-bond donors (Lipinski definition) is 1. The second-order valence-corrected chi connectivity index (χ2v) is 6.38. The zero-order valence-electron chi connectivity index (χ0n) is 11.9. The Morgan fingerprint density at radius 1 is 1.48 bits per heavy atom. The molecule has 0 aromatic heterocycles. The van der Waals surface area contributed by atoms with Gasteiger partial charge < -0.3 is 0 Å². The molecule has 2 unspecified atom stereocenters. The van der Waals surface area contributed by atoms with Gasteiger partial charge in [0.2, 0.25) is 5.91 Å². The van der Waals surface area contributed by atoms with Crippen LogP contribution in [0.5, 0.6) is 0 Å². The Hall–Kier alpha value is -2.01. The van der Waals surface area contributed by atoms with Crippen molar-refractivity contribution in [2.45, 2.75) is 18.2 Å². The summed E-state index contributed by atoms with van der Waals surface area (Å²) in [6.45, 7) is 5.57. The van der Waals surface area contributed by atoms with Gasteiger partial charge in [-0.05, 0) is 23.8 Å². The zero-order valence-corrected chi connectivity index (χ0v) is 12.7. The van der Waals surface area contributed by atoms with Crippen molar-refractivity contribution < 1.29 is 9.00 Å². The van der Waals surface area contributed by atoms with Crippen molar-refractivity contribution in [1.29, 1.82) is 0 Å². The first-order valence-electron chi connectivity index (χ1n) is 6.74. The number of allylic oxidation sites excluding steroid dienone is 1. The summed E-state index contributed by atoms with van der Waals surface area (Å²) in [5, 5.41) is 4.05. The Morgan fingerprint density at radius 2 is 2.29 bits per heavy atom. The molecule has 0 aliphatic carbocycles. The standard InChI is InChI=1S/C16H18N2O2S/c1-3-9-21(20)14-6-4-5-13(11-14)7-8-15-12(2)10-16(19)18-17-15/h3-8,11-12H,1,9-10H2,2H3,(H,18,19). The van der Waals surface area contributed by atoms with Crippen LogP contribution in [0, 0.1) is 5.92 Å². The summed E-state index contributed by atoms with van der Waals surface area (Å²) in [6.07, 6.45) is 5.91. The first kappa shape index (κ1) is 15.4. The molecule has 1 aromatic carbocycles. The molecule has 1 amide bonds. The van der Waals surface area contributed by atoms with Crippen molar-refractivity contribution >= 4 is 28.5 Å². The number of nitrogens with one attached hydrogen (secondary N) is 1. The zero-order chi connectivity index (χ0) is 15.2. The first-order chi connectivity index (χ1) is 10.1. The molecule has 1 heterocycles. The van der Waals surface area contributed by atoms with Crippen molar-refractivity contribution in [3.63, 3.8) is 0 Å². The van der Waals surface area contributed by atoms with E-state index >= 15 is 0 Å². The predicted octanol–water partition coefficient (Wildman–Crippen LogP) is 2.51. The summed E-state index contributed by atoms with van der Waals surface area (Å²) in [6, 6.07) is 7.56. The number of hydrogen-bond acceptors (Lipinski definition) is 3. The lowest BCUT2D eigenvalue weighted by Gasteiger charge is -2.16. The van der Waals surface area contributed by atoms with Crippen molar-refractivity contribution in [1.82, 2.24) is 5.43 Å². The Bertz CT molecular complexity index is 635. The van der Waals surface area contributed by atoms with E-state index in [0.29, 0.717) is 12.2 Å². The molecule has 4 nitrogen and oxygen atoms in total. The molecule has 1 aliphatic rings. The maximum absolute atomic E-state index is 11.9. The van der Waals surface area contributed by atoms with E-state index in [2.05, 4.69) is 17.1 Å². The van der Waals surface area contributed by atoms with Crippen LogP contribution in [-0.2, 0) is 15.6 Å². The first-order valence-corrected chi connectivity index (χ1v) is 8.06. The topological polar surface area (TPSA) is 58.5 Å². The van der Waals surface area contributed by atoms with Gasteiger partial charge in [0, 0.05) is 23.0 Å². The lowest BCUT2D eigenvalue weighted by atomic mass is 9.99. The number of rotatable bonds is 5. The van der Waals surface area contributed by atoms with Crippen molar-refractivity contribution in [3.8, 4) is 0 Å². The summed E-state index contributed by atoms with van der Waals surface area (Å²) in [5.41, 5.74) is 4.28. The summed E-state index contributed by atoms with van der Waals surface area (Å²) in [7, 11) is -1.05. The summed E-state index contributed by atoms with van der Waals surface area (Å²) >= 11 is 0. The van der Waals surface area contributed by atoms with Crippen molar-refractivity contribution in [3.05, 3.63) is 48.6 Å². The molecule has 0 saturated heterocycles. The Morgan fingerprint density at radius 3 is 3.00 bits per heavy atom. The van der Waals surface area contributed by atoms with Crippen LogP contribution in [0.3, 0.4) is 0 Å². The third-order valence-corrected chi connectivity index (χ3v) is 4.46. The van der Waals surface area contributed by atoms with Gasteiger partial charge in [-0.1, -0.05) is 31.2 Å². The van der Waals surface area contributed by atoms with E-state index < -0.39 is 10.8 Å². The van der Waals surface area contributed by atoms with Crippen LogP contribution >= 0.6 is 0 Å². The van der Waals surface area contributed by atoms with E-state index in [0.717, 1.165) is 16.2 Å². The summed E-state index contributed by atoms with van der Waals surface area (Å²) in [4.78, 5) is 12.0. The minimum Gasteiger partial charge on any atom is -0.273 e. The third-order valence-electron chi connectivity index (χ3n) is 3.14. The highest BCUT2D eigenvalue weighted by Crippen LogP contribution is 2.14. The lowest BCUT2D eigenvalue weighted by molar-refractivity contribution is -0.121. The van der Waals surface area contributed by atoms with Crippen molar-refractivity contribution in [2.75, 3.05) is 5.75 Å². The van der Waals surface area contributed by atoms with Crippen LogP contribution in [0.25, 0.3) is 6.08 Å². The molecule has 0 saturated carbocycles. The molecule has 21 heavy (non-hydrogen) atoms. The highest BCUT2D eigenvalue weighted by atomic mass is 32.2. The maximum Gasteiger partial charge on any atom is 0.240 e. The van der Waals surface area contributed by atoms with E-state index in [-0.39, 0.29) is 11.8 Å². The molecule has 1 N–H and O–H groups in total. The van der Waals surface area contributed by atoms with Crippen LogP contribution in [-0.4, -0.2) is 21.6 Å². The molecule has 110 valence electrons. The second kappa shape index (κ2) is 7.13. The lowest BCUT2D eigenvalue weighted by Crippen LogP contribution is -2.30. The van der Waals surface area contributed by atoms with E-state index in [9.17, 15) is 9.00 Å². The van der Waals surface area contributed by atoms with E-state index in [4.69, 9.17) is 0 Å². The van der Waals surface area contributed by atoms with Crippen LogP contribution in [0.15, 0.2) is 53.0 Å². The Balaban J connectivity index is 2.14. The van der Waals surface area contributed by atoms with Crippen LogP contribution in [0.4, 0.5) is 0 Å². The largest absolute Gasteiger partial charge is 0.273 e. The van der Waals surface area contributed by atoms with Crippen molar-refractivity contribution in [2.24, 2.45) is 11.0 Å². The van der Waals surface area contributed by atoms with Gasteiger partial charge in [-0.25, -0.2) is 5.43 Å². The molecule has 0 bridgehead atoms. The molecule has 2 atom stereocenters. The molecule has 5 heteroatoms. The number of benzene rings is 1. The van der Waals surface area contributed by atoms with Gasteiger partial charge in [-0.3, -0.25) is 9.00 Å². The van der Waals surface area contributed by atoms with Gasteiger partial charge >= 0.3 is 0 Å². The quantitative estimate of drug-likeness (QED) is 0.850. The molecule has 0 fully saturated rings.